The molecule has 1 fully saturated rings. The summed E-state index contributed by atoms with van der Waals surface area (Å²) in [5.41, 5.74) is 0.679. The number of aromatic hydroxyl groups is 1. The second-order valence-corrected chi connectivity index (χ2v) is 10.2. The number of carbonyl (C=O) groups is 2. The Morgan fingerprint density at radius 1 is 1.07 bits per heavy atom. The van der Waals surface area contributed by atoms with Crippen LogP contribution < -0.4 is 0 Å². The van der Waals surface area contributed by atoms with Gasteiger partial charge in [0.1, 0.15) is 5.75 Å². The Morgan fingerprint density at radius 2 is 1.73 bits per heavy atom. The highest BCUT2D eigenvalue weighted by atomic mass is 16.3. The molecule has 0 aromatic heterocycles. The van der Waals surface area contributed by atoms with Crippen LogP contribution in [-0.4, -0.2) is 34.3 Å². The van der Waals surface area contributed by atoms with Gasteiger partial charge in [0.15, 0.2) is 0 Å². The van der Waals surface area contributed by atoms with E-state index in [2.05, 4.69) is 6.92 Å². The lowest BCUT2D eigenvalue weighted by Gasteiger charge is -2.38. The summed E-state index contributed by atoms with van der Waals surface area (Å²) in [6.45, 7) is 8.51. The van der Waals surface area contributed by atoms with Gasteiger partial charge in [-0.2, -0.15) is 0 Å². The Kier molecular flexibility index (Phi) is 9.38. The number of amides is 1. The van der Waals surface area contributed by atoms with Crippen LogP contribution in [0.1, 0.15) is 91.0 Å². The Hall–Kier alpha value is -1.84. The van der Waals surface area contributed by atoms with Gasteiger partial charge in [-0.25, -0.2) is 0 Å². The van der Waals surface area contributed by atoms with Crippen molar-refractivity contribution in [1.29, 1.82) is 0 Å². The first-order chi connectivity index (χ1) is 14.2. The van der Waals surface area contributed by atoms with Gasteiger partial charge in [-0.05, 0) is 62.1 Å². The number of carbonyl (C=O) groups excluding carboxylic acids is 2. The van der Waals surface area contributed by atoms with E-state index in [9.17, 15) is 14.7 Å². The van der Waals surface area contributed by atoms with Crippen LogP contribution in [0.2, 0.25) is 0 Å². The van der Waals surface area contributed by atoms with E-state index in [1.165, 1.54) is 37.7 Å². The molecule has 4 heteroatoms. The summed E-state index contributed by atoms with van der Waals surface area (Å²) in [4.78, 5) is 27.1. The molecule has 1 aromatic carbocycles. The molecule has 0 aliphatic carbocycles. The molecule has 1 amide bonds. The van der Waals surface area contributed by atoms with Crippen molar-refractivity contribution in [3.8, 4) is 5.75 Å². The third kappa shape index (κ3) is 7.77. The summed E-state index contributed by atoms with van der Waals surface area (Å²) < 4.78 is 0. The monoisotopic (exact) mass is 415 g/mol. The van der Waals surface area contributed by atoms with Crippen molar-refractivity contribution in [2.75, 3.05) is 6.54 Å². The summed E-state index contributed by atoms with van der Waals surface area (Å²) in [5.74, 6) is 0.378. The molecular formula is C26H41NO3. The molecule has 30 heavy (non-hydrogen) atoms. The van der Waals surface area contributed by atoms with Crippen LogP contribution in [0.25, 0.3) is 0 Å². The third-order valence-electron chi connectivity index (χ3n) is 6.29. The van der Waals surface area contributed by atoms with Crippen LogP contribution in [0.3, 0.4) is 0 Å². The van der Waals surface area contributed by atoms with E-state index in [-0.39, 0.29) is 17.7 Å². The van der Waals surface area contributed by atoms with Gasteiger partial charge in [0.2, 0.25) is 5.78 Å². The fourth-order valence-electron chi connectivity index (χ4n) is 4.38. The maximum atomic E-state index is 12.8. The fourth-order valence-corrected chi connectivity index (χ4v) is 4.38. The molecule has 0 spiro atoms. The number of likely N-dealkylation sites (tertiary alicyclic amines) is 1. The van der Waals surface area contributed by atoms with Gasteiger partial charge < -0.3 is 10.0 Å². The number of Topliss-reactive ketones (excluding diaryl/α,β-unsaturated/α-hetero) is 1. The van der Waals surface area contributed by atoms with Crippen LogP contribution in [0, 0.1) is 11.3 Å². The number of phenolic OH excluding ortho intramolecular Hbond substituents is 1. The van der Waals surface area contributed by atoms with E-state index in [1.54, 1.807) is 12.1 Å². The fraction of sp³-hybridized carbons (Fsp3) is 0.692. The molecule has 2 rings (SSSR count). The Bertz CT molecular complexity index is 675. The van der Waals surface area contributed by atoms with Gasteiger partial charge in [0, 0.05) is 18.0 Å². The number of phenols is 1. The van der Waals surface area contributed by atoms with Crippen molar-refractivity contribution >= 4 is 11.7 Å². The predicted molar refractivity (Wildman–Crippen MR) is 122 cm³/mol. The number of unbranched alkanes of at least 4 members (excludes halogenated alkanes) is 3. The van der Waals surface area contributed by atoms with Gasteiger partial charge in [-0.3, -0.25) is 9.59 Å². The molecule has 0 saturated carbocycles. The van der Waals surface area contributed by atoms with Gasteiger partial charge >= 0.3 is 0 Å². The first-order valence-corrected chi connectivity index (χ1v) is 11.8. The average molecular weight is 416 g/mol. The molecule has 2 atom stereocenters. The minimum absolute atomic E-state index is 0.224. The second-order valence-electron chi connectivity index (χ2n) is 10.2. The third-order valence-corrected chi connectivity index (χ3v) is 6.29. The second kappa shape index (κ2) is 11.5. The largest absolute Gasteiger partial charge is 0.508 e. The van der Waals surface area contributed by atoms with Crippen LogP contribution in [-0.2, 0) is 16.0 Å². The molecule has 1 aromatic rings. The van der Waals surface area contributed by atoms with Gasteiger partial charge in [-0.15, -0.1) is 0 Å². The molecule has 4 nitrogen and oxygen atoms in total. The molecule has 1 heterocycles. The zero-order chi connectivity index (χ0) is 22.1. The highest BCUT2D eigenvalue weighted by Crippen LogP contribution is 2.27. The number of nitrogens with zero attached hydrogens (tertiary/aromatic N) is 1. The standard InChI is InChI=1S/C26H41NO3/c1-20(11-7-5-6-8-12-21-14-16-23(28)17-15-21)19-22-13-9-10-18-27(22)25(30)24(29)26(2,3)4/h14-17,20,22,28H,5-13,18-19H2,1-4H3/t20?,22-/m0/s1. The van der Waals surface area contributed by atoms with Crippen LogP contribution in [0.15, 0.2) is 24.3 Å². The number of rotatable bonds is 10. The van der Waals surface area contributed by atoms with Crippen molar-refractivity contribution in [3.05, 3.63) is 29.8 Å². The lowest BCUT2D eigenvalue weighted by atomic mass is 9.87. The zero-order valence-corrected chi connectivity index (χ0v) is 19.5. The molecule has 1 unspecified atom stereocenters. The normalized spacial score (nSPS) is 18.3. The summed E-state index contributed by atoms with van der Waals surface area (Å²) in [5, 5.41) is 9.34. The molecule has 1 aliphatic rings. The lowest BCUT2D eigenvalue weighted by Crippen LogP contribution is -2.49. The molecule has 168 valence electrons. The van der Waals surface area contributed by atoms with Crippen LogP contribution in [0.4, 0.5) is 0 Å². The van der Waals surface area contributed by atoms with Crippen molar-refractivity contribution in [2.45, 2.75) is 97.9 Å². The average Bonchev–Trinajstić information content (AvgIpc) is 2.70. The van der Waals surface area contributed by atoms with Crippen molar-refractivity contribution < 1.29 is 14.7 Å². The van der Waals surface area contributed by atoms with E-state index in [1.807, 2.05) is 37.8 Å². The smallest absolute Gasteiger partial charge is 0.290 e. The topological polar surface area (TPSA) is 57.6 Å². The summed E-state index contributed by atoms with van der Waals surface area (Å²) >= 11 is 0. The molecular weight excluding hydrogens is 374 g/mol. The minimum atomic E-state index is -0.606. The number of ketones is 1. The number of benzene rings is 1. The van der Waals surface area contributed by atoms with Crippen molar-refractivity contribution in [1.82, 2.24) is 4.90 Å². The molecule has 1 saturated heterocycles. The van der Waals surface area contributed by atoms with E-state index in [4.69, 9.17) is 0 Å². The summed E-state index contributed by atoms with van der Waals surface area (Å²) in [6.07, 6.45) is 11.3. The molecule has 0 bridgehead atoms. The summed E-state index contributed by atoms with van der Waals surface area (Å²) in [7, 11) is 0. The maximum absolute atomic E-state index is 12.8. The van der Waals surface area contributed by atoms with E-state index in [0.29, 0.717) is 11.7 Å². The van der Waals surface area contributed by atoms with E-state index in [0.717, 1.165) is 38.6 Å². The first-order valence-electron chi connectivity index (χ1n) is 11.8. The highest BCUT2D eigenvalue weighted by Gasteiger charge is 2.36. The molecule has 0 radical (unpaired) electrons. The number of piperidine rings is 1. The first kappa shape index (κ1) is 24.4. The summed E-state index contributed by atoms with van der Waals surface area (Å²) in [6, 6.07) is 7.73. The van der Waals surface area contributed by atoms with Gasteiger partial charge in [0.25, 0.3) is 5.91 Å². The van der Waals surface area contributed by atoms with Crippen molar-refractivity contribution in [3.63, 3.8) is 0 Å². The predicted octanol–water partition coefficient (Wildman–Crippen LogP) is 5.91. The number of hydrogen-bond donors (Lipinski definition) is 1. The highest BCUT2D eigenvalue weighted by molar-refractivity contribution is 6.37. The minimum Gasteiger partial charge on any atom is -0.508 e. The maximum Gasteiger partial charge on any atom is 0.290 e. The Balaban J connectivity index is 1.69. The quantitative estimate of drug-likeness (QED) is 0.382. The van der Waals surface area contributed by atoms with Crippen LogP contribution in [0.5, 0.6) is 5.75 Å². The lowest BCUT2D eigenvalue weighted by molar-refractivity contribution is -0.151. The number of aryl methyl sites for hydroxylation is 1. The Labute approximate surface area is 183 Å². The van der Waals surface area contributed by atoms with E-state index >= 15 is 0 Å². The molecule has 1 N–H and O–H groups in total. The Morgan fingerprint density at radius 3 is 2.40 bits per heavy atom. The molecule has 1 aliphatic heterocycles. The zero-order valence-electron chi connectivity index (χ0n) is 19.5. The van der Waals surface area contributed by atoms with E-state index < -0.39 is 5.41 Å². The SMILES string of the molecule is CC(CCCCCCc1ccc(O)cc1)C[C@@H]1CCCCN1C(=O)C(=O)C(C)(C)C. The van der Waals surface area contributed by atoms with Crippen LogP contribution >= 0.6 is 0 Å². The number of hydrogen-bond acceptors (Lipinski definition) is 3. The van der Waals surface area contributed by atoms with Crippen molar-refractivity contribution in [2.24, 2.45) is 11.3 Å². The van der Waals surface area contributed by atoms with Gasteiger partial charge in [0.05, 0.1) is 0 Å². The van der Waals surface area contributed by atoms with Gasteiger partial charge in [-0.1, -0.05) is 65.5 Å².